The van der Waals surface area contributed by atoms with Crippen LogP contribution in [0.25, 0.3) is 0 Å². The number of amides is 2. The highest BCUT2D eigenvalue weighted by Crippen LogP contribution is 2.58. The Bertz CT molecular complexity index is 400. The van der Waals surface area contributed by atoms with Gasteiger partial charge in [0.05, 0.1) is 5.54 Å². The number of carbonyl (C=O) groups excluding carboxylic acids is 2. The van der Waals surface area contributed by atoms with E-state index in [2.05, 4.69) is 0 Å². The molecule has 4 aliphatic carbocycles. The molecule has 0 aromatic rings. The van der Waals surface area contributed by atoms with Crippen LogP contribution in [0.5, 0.6) is 0 Å². The Kier molecular flexibility index (Phi) is 2.27. The SMILES string of the molecule is CC1C(=O)N(C23CC4CC(CC(C4)C2)C3)C(=O)C1C. The minimum Gasteiger partial charge on any atom is -0.276 e. The van der Waals surface area contributed by atoms with Gasteiger partial charge in [-0.25, -0.2) is 0 Å². The van der Waals surface area contributed by atoms with Crippen molar-refractivity contribution in [2.24, 2.45) is 29.6 Å². The van der Waals surface area contributed by atoms with E-state index in [0.29, 0.717) is 0 Å². The van der Waals surface area contributed by atoms with Crippen LogP contribution in [0.2, 0.25) is 0 Å². The smallest absolute Gasteiger partial charge is 0.233 e. The third kappa shape index (κ3) is 1.45. The van der Waals surface area contributed by atoms with Gasteiger partial charge in [0.25, 0.3) is 0 Å². The highest BCUT2D eigenvalue weighted by atomic mass is 16.2. The average Bonchev–Trinajstić information content (AvgIpc) is 2.52. The number of likely N-dealkylation sites (tertiary alicyclic amines) is 1. The predicted octanol–water partition coefficient (Wildman–Crippen LogP) is 2.60. The van der Waals surface area contributed by atoms with Gasteiger partial charge in [0.15, 0.2) is 0 Å². The standard InChI is InChI=1S/C16H23NO2/c1-9-10(2)15(19)17(14(9)18)16-6-11-3-12(7-16)5-13(4-11)8-16/h9-13H,3-8H2,1-2H3. The maximum Gasteiger partial charge on any atom is 0.233 e. The van der Waals surface area contributed by atoms with Gasteiger partial charge in [0.2, 0.25) is 11.8 Å². The summed E-state index contributed by atoms with van der Waals surface area (Å²) in [6, 6.07) is 0. The van der Waals surface area contributed by atoms with E-state index in [-0.39, 0.29) is 29.2 Å². The van der Waals surface area contributed by atoms with Gasteiger partial charge in [-0.2, -0.15) is 0 Å². The molecule has 1 saturated heterocycles. The molecule has 4 saturated carbocycles. The first-order chi connectivity index (χ1) is 9.00. The van der Waals surface area contributed by atoms with E-state index in [4.69, 9.17) is 0 Å². The third-order valence-electron chi connectivity index (χ3n) is 6.45. The van der Waals surface area contributed by atoms with Crippen LogP contribution in [0.4, 0.5) is 0 Å². The molecule has 1 heterocycles. The van der Waals surface area contributed by atoms with Gasteiger partial charge in [-0.1, -0.05) is 13.8 Å². The Hall–Kier alpha value is -0.860. The van der Waals surface area contributed by atoms with Gasteiger partial charge in [-0.15, -0.1) is 0 Å². The third-order valence-corrected chi connectivity index (χ3v) is 6.45. The summed E-state index contributed by atoms with van der Waals surface area (Å²) in [5, 5.41) is 0. The highest BCUT2D eigenvalue weighted by molar-refractivity contribution is 6.05. The van der Waals surface area contributed by atoms with E-state index in [1.807, 2.05) is 13.8 Å². The van der Waals surface area contributed by atoms with E-state index in [9.17, 15) is 9.59 Å². The fourth-order valence-corrected chi connectivity index (χ4v) is 5.75. The number of imide groups is 1. The van der Waals surface area contributed by atoms with Crippen LogP contribution in [0.3, 0.4) is 0 Å². The molecule has 2 unspecified atom stereocenters. The molecule has 1 aliphatic heterocycles. The molecular weight excluding hydrogens is 238 g/mol. The first-order valence-corrected chi connectivity index (χ1v) is 7.88. The fraction of sp³-hybridized carbons (Fsp3) is 0.875. The summed E-state index contributed by atoms with van der Waals surface area (Å²) in [6.07, 6.45) is 7.32. The molecule has 0 N–H and O–H groups in total. The van der Waals surface area contributed by atoms with Gasteiger partial charge in [0.1, 0.15) is 0 Å². The van der Waals surface area contributed by atoms with Crippen LogP contribution >= 0.6 is 0 Å². The lowest BCUT2D eigenvalue weighted by Gasteiger charge is -2.59. The van der Waals surface area contributed by atoms with Gasteiger partial charge < -0.3 is 0 Å². The van der Waals surface area contributed by atoms with E-state index in [1.54, 1.807) is 4.90 Å². The van der Waals surface area contributed by atoms with Gasteiger partial charge >= 0.3 is 0 Å². The molecular formula is C16H23NO2. The second kappa shape index (κ2) is 3.62. The summed E-state index contributed by atoms with van der Waals surface area (Å²) in [4.78, 5) is 26.8. The molecule has 5 aliphatic rings. The first kappa shape index (κ1) is 11.9. The number of hydrogen-bond acceptors (Lipinski definition) is 2. The topological polar surface area (TPSA) is 37.4 Å². The quantitative estimate of drug-likeness (QED) is 0.680. The number of nitrogens with zero attached hydrogens (tertiary/aromatic N) is 1. The monoisotopic (exact) mass is 261 g/mol. The van der Waals surface area contributed by atoms with Crippen LogP contribution in [0.15, 0.2) is 0 Å². The van der Waals surface area contributed by atoms with Gasteiger partial charge in [-0.3, -0.25) is 14.5 Å². The molecule has 2 atom stereocenters. The second-order valence-corrected chi connectivity index (χ2v) is 7.73. The van der Waals surface area contributed by atoms with Crippen molar-refractivity contribution in [3.8, 4) is 0 Å². The highest BCUT2D eigenvalue weighted by Gasteiger charge is 2.59. The summed E-state index contributed by atoms with van der Waals surface area (Å²) in [5.41, 5.74) is -0.0814. The summed E-state index contributed by atoms with van der Waals surface area (Å²) in [6.45, 7) is 3.84. The van der Waals surface area contributed by atoms with E-state index in [1.165, 1.54) is 19.3 Å². The molecule has 0 spiro atoms. The molecule has 3 heteroatoms. The minimum absolute atomic E-state index is 0.0814. The maximum absolute atomic E-state index is 12.5. The number of rotatable bonds is 1. The van der Waals surface area contributed by atoms with Crippen molar-refractivity contribution in [3.05, 3.63) is 0 Å². The van der Waals surface area contributed by atoms with Crippen LogP contribution in [-0.2, 0) is 9.59 Å². The molecule has 5 rings (SSSR count). The van der Waals surface area contributed by atoms with Crippen LogP contribution < -0.4 is 0 Å². The average molecular weight is 261 g/mol. The fourth-order valence-electron chi connectivity index (χ4n) is 5.75. The maximum atomic E-state index is 12.5. The lowest BCUT2D eigenvalue weighted by Crippen LogP contribution is -2.61. The zero-order valence-corrected chi connectivity index (χ0v) is 11.9. The zero-order valence-electron chi connectivity index (χ0n) is 11.9. The van der Waals surface area contributed by atoms with Crippen LogP contribution in [0.1, 0.15) is 52.4 Å². The van der Waals surface area contributed by atoms with E-state index >= 15 is 0 Å². The van der Waals surface area contributed by atoms with Gasteiger partial charge in [0, 0.05) is 11.8 Å². The van der Waals surface area contributed by atoms with Crippen molar-refractivity contribution in [3.63, 3.8) is 0 Å². The summed E-state index contributed by atoms with van der Waals surface area (Å²) >= 11 is 0. The van der Waals surface area contributed by atoms with Crippen molar-refractivity contribution in [1.82, 2.24) is 4.90 Å². The molecule has 0 radical (unpaired) electrons. The number of carbonyl (C=O) groups is 2. The van der Waals surface area contributed by atoms with Crippen molar-refractivity contribution >= 4 is 11.8 Å². The van der Waals surface area contributed by atoms with E-state index < -0.39 is 0 Å². The van der Waals surface area contributed by atoms with E-state index in [0.717, 1.165) is 37.0 Å². The van der Waals surface area contributed by atoms with Crippen molar-refractivity contribution < 1.29 is 9.59 Å². The predicted molar refractivity (Wildman–Crippen MR) is 71.1 cm³/mol. The van der Waals surface area contributed by atoms with Crippen LogP contribution in [0, 0.1) is 29.6 Å². The lowest BCUT2D eigenvalue weighted by molar-refractivity contribution is -0.159. The molecule has 104 valence electrons. The Balaban J connectivity index is 1.72. The molecule has 0 aromatic heterocycles. The molecule has 19 heavy (non-hydrogen) atoms. The minimum atomic E-state index is -0.111. The summed E-state index contributed by atoms with van der Waals surface area (Å²) < 4.78 is 0. The normalized spacial score (nSPS) is 52.3. The van der Waals surface area contributed by atoms with Gasteiger partial charge in [-0.05, 0) is 56.3 Å². The molecule has 0 aromatic carbocycles. The Labute approximate surface area is 114 Å². The summed E-state index contributed by atoms with van der Waals surface area (Å²) in [5.74, 6) is 2.33. The molecule has 2 amide bonds. The first-order valence-electron chi connectivity index (χ1n) is 7.88. The molecule has 5 fully saturated rings. The van der Waals surface area contributed by atoms with Crippen LogP contribution in [-0.4, -0.2) is 22.3 Å². The molecule has 3 nitrogen and oxygen atoms in total. The van der Waals surface area contributed by atoms with Crippen molar-refractivity contribution in [2.45, 2.75) is 57.9 Å². The Morgan fingerprint density at radius 2 is 1.21 bits per heavy atom. The van der Waals surface area contributed by atoms with Crippen molar-refractivity contribution in [2.75, 3.05) is 0 Å². The molecule has 4 bridgehead atoms. The second-order valence-electron chi connectivity index (χ2n) is 7.73. The zero-order chi connectivity index (χ0) is 13.4. The Morgan fingerprint density at radius 3 is 1.58 bits per heavy atom. The summed E-state index contributed by atoms with van der Waals surface area (Å²) in [7, 11) is 0. The largest absolute Gasteiger partial charge is 0.276 e. The Morgan fingerprint density at radius 1 is 0.842 bits per heavy atom. The number of hydrogen-bond donors (Lipinski definition) is 0. The van der Waals surface area contributed by atoms with Crippen molar-refractivity contribution in [1.29, 1.82) is 0 Å². The lowest BCUT2D eigenvalue weighted by atomic mass is 9.52.